The predicted molar refractivity (Wildman–Crippen MR) is 55.9 cm³/mol. The third kappa shape index (κ3) is 3.23. The Balaban J connectivity index is 2.37. The number of benzene rings is 1. The van der Waals surface area contributed by atoms with Gasteiger partial charge in [-0.25, -0.2) is 0 Å². The first-order chi connectivity index (χ1) is 5.83. The van der Waals surface area contributed by atoms with E-state index in [9.17, 15) is 0 Å². The van der Waals surface area contributed by atoms with Crippen LogP contribution in [0.3, 0.4) is 0 Å². The molecule has 1 atom stereocenters. The third-order valence-corrected chi connectivity index (χ3v) is 2.05. The van der Waals surface area contributed by atoms with Crippen molar-refractivity contribution in [2.45, 2.75) is 13.3 Å². The van der Waals surface area contributed by atoms with E-state index >= 15 is 0 Å². The highest BCUT2D eigenvalue weighted by molar-refractivity contribution is 7.16. The minimum atomic E-state index is 0.812. The summed E-state index contributed by atoms with van der Waals surface area (Å²) in [6.45, 7) is 2.89. The predicted octanol–water partition coefficient (Wildman–Crippen LogP) is 2.64. The second kappa shape index (κ2) is 5.16. The Bertz CT molecular complexity index is 218. The van der Waals surface area contributed by atoms with Gasteiger partial charge in [-0.15, -0.1) is 9.24 Å². The molecule has 0 spiro atoms. The van der Waals surface area contributed by atoms with Crippen molar-refractivity contribution in [1.82, 2.24) is 0 Å². The molecule has 0 aliphatic heterocycles. The van der Waals surface area contributed by atoms with Crippen molar-refractivity contribution in [1.29, 1.82) is 0 Å². The summed E-state index contributed by atoms with van der Waals surface area (Å²) >= 11 is 0. The molecule has 1 unspecified atom stereocenters. The van der Waals surface area contributed by atoms with Gasteiger partial charge in [0.15, 0.2) is 0 Å². The van der Waals surface area contributed by atoms with E-state index in [1.165, 1.54) is 5.56 Å². The fourth-order valence-corrected chi connectivity index (χ4v) is 1.07. The maximum absolute atomic E-state index is 5.49. The molecule has 0 bridgehead atoms. The molecule has 2 heteroatoms. The van der Waals surface area contributed by atoms with Crippen LogP contribution in [0.5, 0.6) is 5.75 Å². The Kier molecular flexibility index (Phi) is 4.10. The number of rotatable bonds is 4. The van der Waals surface area contributed by atoms with Crippen LogP contribution in [-0.2, 0) is 0 Å². The van der Waals surface area contributed by atoms with Crippen LogP contribution in [0.4, 0.5) is 0 Å². The summed E-state index contributed by atoms with van der Waals surface area (Å²) in [5.74, 6) is 0.971. The molecule has 12 heavy (non-hydrogen) atoms. The minimum Gasteiger partial charge on any atom is -0.494 e. The normalized spacial score (nSPS) is 9.83. The van der Waals surface area contributed by atoms with Crippen LogP contribution in [0.1, 0.15) is 12.0 Å². The highest BCUT2D eigenvalue weighted by atomic mass is 31.0. The largest absolute Gasteiger partial charge is 0.494 e. The highest BCUT2D eigenvalue weighted by Gasteiger charge is 1.91. The van der Waals surface area contributed by atoms with E-state index in [4.69, 9.17) is 4.74 Å². The molecule has 0 aromatic heterocycles. The Hall–Kier alpha value is -0.550. The summed E-state index contributed by atoms with van der Waals surface area (Å²) in [6, 6.07) is 8.16. The van der Waals surface area contributed by atoms with Crippen LogP contribution in [-0.4, -0.2) is 12.8 Å². The lowest BCUT2D eigenvalue weighted by Crippen LogP contribution is -1.97. The van der Waals surface area contributed by atoms with Crippen molar-refractivity contribution in [3.8, 4) is 5.75 Å². The molecule has 0 radical (unpaired) electrons. The number of hydrogen-bond acceptors (Lipinski definition) is 1. The maximum atomic E-state index is 5.49. The van der Waals surface area contributed by atoms with E-state index in [0.29, 0.717) is 0 Å². The van der Waals surface area contributed by atoms with E-state index in [-0.39, 0.29) is 0 Å². The van der Waals surface area contributed by atoms with E-state index in [0.717, 1.165) is 24.9 Å². The molecule has 0 saturated heterocycles. The van der Waals surface area contributed by atoms with Crippen LogP contribution in [0, 0.1) is 6.92 Å². The number of ether oxygens (including phenoxy) is 1. The lowest BCUT2D eigenvalue weighted by molar-refractivity contribution is 0.318. The van der Waals surface area contributed by atoms with Crippen LogP contribution < -0.4 is 4.74 Å². The first-order valence-electron chi connectivity index (χ1n) is 4.22. The lowest BCUT2D eigenvalue weighted by Gasteiger charge is -2.04. The van der Waals surface area contributed by atoms with Crippen LogP contribution in [0.15, 0.2) is 24.3 Å². The van der Waals surface area contributed by atoms with Gasteiger partial charge in [-0.2, -0.15) is 0 Å². The molecular formula is C10H15OP. The average molecular weight is 182 g/mol. The Labute approximate surface area is 76.3 Å². The molecule has 66 valence electrons. The van der Waals surface area contributed by atoms with Crippen molar-refractivity contribution < 1.29 is 4.74 Å². The van der Waals surface area contributed by atoms with Gasteiger partial charge < -0.3 is 4.74 Å². The van der Waals surface area contributed by atoms with Gasteiger partial charge in [0.25, 0.3) is 0 Å². The molecule has 1 aromatic carbocycles. The Morgan fingerprint density at radius 3 is 2.50 bits per heavy atom. The van der Waals surface area contributed by atoms with Crippen LogP contribution >= 0.6 is 9.24 Å². The van der Waals surface area contributed by atoms with Crippen molar-refractivity contribution in [2.24, 2.45) is 0 Å². The maximum Gasteiger partial charge on any atom is 0.119 e. The molecule has 0 N–H and O–H groups in total. The zero-order valence-electron chi connectivity index (χ0n) is 7.42. The van der Waals surface area contributed by atoms with Gasteiger partial charge in [-0.1, -0.05) is 17.7 Å². The van der Waals surface area contributed by atoms with Crippen molar-refractivity contribution in [3.63, 3.8) is 0 Å². The molecule has 1 nitrogen and oxygen atoms in total. The molecule has 0 heterocycles. The first-order valence-corrected chi connectivity index (χ1v) is 5.04. The van der Waals surface area contributed by atoms with Gasteiger partial charge in [-0.3, -0.25) is 0 Å². The SMILES string of the molecule is Cc1ccc(OCCCP)cc1. The van der Waals surface area contributed by atoms with E-state index in [1.807, 2.05) is 12.1 Å². The Morgan fingerprint density at radius 1 is 1.25 bits per heavy atom. The minimum absolute atomic E-state index is 0.812. The van der Waals surface area contributed by atoms with Gasteiger partial charge in [0.05, 0.1) is 6.61 Å². The first kappa shape index (κ1) is 9.54. The van der Waals surface area contributed by atoms with Crippen molar-refractivity contribution in [2.75, 3.05) is 12.8 Å². The van der Waals surface area contributed by atoms with Gasteiger partial charge in [0, 0.05) is 0 Å². The molecular weight excluding hydrogens is 167 g/mol. The second-order valence-corrected chi connectivity index (χ2v) is 3.38. The topological polar surface area (TPSA) is 9.23 Å². The average Bonchev–Trinajstić information content (AvgIpc) is 2.09. The van der Waals surface area contributed by atoms with Crippen LogP contribution in [0.25, 0.3) is 0 Å². The van der Waals surface area contributed by atoms with Crippen LogP contribution in [0.2, 0.25) is 0 Å². The van der Waals surface area contributed by atoms with E-state index < -0.39 is 0 Å². The van der Waals surface area contributed by atoms with E-state index in [1.54, 1.807) is 0 Å². The summed E-state index contributed by atoms with van der Waals surface area (Å²) in [7, 11) is 2.69. The fraction of sp³-hybridized carbons (Fsp3) is 0.400. The molecule has 1 rings (SSSR count). The zero-order valence-corrected chi connectivity index (χ0v) is 8.57. The van der Waals surface area contributed by atoms with Gasteiger partial charge in [0.1, 0.15) is 5.75 Å². The molecule has 0 saturated carbocycles. The summed E-state index contributed by atoms with van der Waals surface area (Å²) in [5.41, 5.74) is 1.27. The van der Waals surface area contributed by atoms with E-state index in [2.05, 4.69) is 28.3 Å². The zero-order chi connectivity index (χ0) is 8.81. The molecule has 0 fully saturated rings. The second-order valence-electron chi connectivity index (χ2n) is 2.80. The number of hydrogen-bond donors (Lipinski definition) is 0. The third-order valence-electron chi connectivity index (χ3n) is 1.64. The van der Waals surface area contributed by atoms with Gasteiger partial charge in [-0.05, 0) is 31.6 Å². The van der Waals surface area contributed by atoms with Crippen molar-refractivity contribution in [3.05, 3.63) is 29.8 Å². The summed E-state index contributed by atoms with van der Waals surface area (Å²) in [4.78, 5) is 0. The smallest absolute Gasteiger partial charge is 0.119 e. The number of aryl methyl sites for hydroxylation is 1. The lowest BCUT2D eigenvalue weighted by atomic mass is 10.2. The Morgan fingerprint density at radius 2 is 1.92 bits per heavy atom. The van der Waals surface area contributed by atoms with Gasteiger partial charge >= 0.3 is 0 Å². The van der Waals surface area contributed by atoms with Crippen molar-refractivity contribution >= 4 is 9.24 Å². The molecule has 1 aromatic rings. The summed E-state index contributed by atoms with van der Waals surface area (Å²) in [6.07, 6.45) is 2.20. The summed E-state index contributed by atoms with van der Waals surface area (Å²) in [5, 5.41) is 0. The highest BCUT2D eigenvalue weighted by Crippen LogP contribution is 2.11. The molecule has 0 aliphatic carbocycles. The fourth-order valence-electron chi connectivity index (χ4n) is 0.908. The molecule has 0 amide bonds. The molecule has 0 aliphatic rings. The standard InChI is InChI=1S/C10H15OP/c1-9-3-5-10(6-4-9)11-7-2-8-12/h3-6H,2,7-8,12H2,1H3. The monoisotopic (exact) mass is 182 g/mol. The summed E-state index contributed by atoms with van der Waals surface area (Å²) < 4.78 is 5.49. The quantitative estimate of drug-likeness (QED) is 0.513. The van der Waals surface area contributed by atoms with Gasteiger partial charge in [0.2, 0.25) is 0 Å².